The molecule has 2 aromatic rings. The molecule has 0 atom stereocenters. The summed E-state index contributed by atoms with van der Waals surface area (Å²) in [5, 5.41) is 2.70. The van der Waals surface area contributed by atoms with Gasteiger partial charge in [-0.3, -0.25) is 9.59 Å². The van der Waals surface area contributed by atoms with E-state index in [-0.39, 0.29) is 24.4 Å². The molecule has 0 radical (unpaired) electrons. The highest BCUT2D eigenvalue weighted by Crippen LogP contribution is 2.27. The molecule has 0 unspecified atom stereocenters. The number of rotatable bonds is 8. The van der Waals surface area contributed by atoms with Gasteiger partial charge in [0.25, 0.3) is 5.91 Å². The molecule has 6 nitrogen and oxygen atoms in total. The molecule has 6 heteroatoms. The van der Waals surface area contributed by atoms with E-state index < -0.39 is 0 Å². The number of nitrogens with one attached hydrogen (secondary N) is 1. The van der Waals surface area contributed by atoms with Crippen molar-refractivity contribution in [2.75, 3.05) is 18.5 Å². The zero-order chi connectivity index (χ0) is 19.1. The molecular weight excluding hydrogens is 346 g/mol. The standard InChI is InChI=1S/C21H23NO5/c1-2-25-17-10-12-19(13-11-17)27-18-8-6-16(7-9-18)22-20(23)14-26-21(24)15-4-3-5-15/h6-13,15H,2-5,14H2,1H3,(H,22,23). The van der Waals surface area contributed by atoms with E-state index >= 15 is 0 Å². The lowest BCUT2D eigenvalue weighted by Crippen LogP contribution is -2.28. The summed E-state index contributed by atoms with van der Waals surface area (Å²) in [6.07, 6.45) is 2.77. The van der Waals surface area contributed by atoms with E-state index in [0.29, 0.717) is 23.8 Å². The number of hydrogen-bond acceptors (Lipinski definition) is 5. The molecule has 1 fully saturated rings. The first-order valence-corrected chi connectivity index (χ1v) is 9.11. The fourth-order valence-electron chi connectivity index (χ4n) is 2.61. The van der Waals surface area contributed by atoms with Crippen LogP contribution >= 0.6 is 0 Å². The Morgan fingerprint density at radius 2 is 1.56 bits per heavy atom. The molecule has 1 aliphatic rings. The van der Waals surface area contributed by atoms with Crippen LogP contribution in [-0.4, -0.2) is 25.1 Å². The highest BCUT2D eigenvalue weighted by Gasteiger charge is 2.27. The highest BCUT2D eigenvalue weighted by molar-refractivity contribution is 5.93. The average molecular weight is 369 g/mol. The van der Waals surface area contributed by atoms with Gasteiger partial charge in [-0.25, -0.2) is 0 Å². The number of anilines is 1. The fourth-order valence-corrected chi connectivity index (χ4v) is 2.61. The average Bonchev–Trinajstić information content (AvgIpc) is 2.62. The van der Waals surface area contributed by atoms with Crippen molar-refractivity contribution in [3.8, 4) is 17.2 Å². The lowest BCUT2D eigenvalue weighted by molar-refractivity contribution is -0.154. The topological polar surface area (TPSA) is 73.9 Å². The Morgan fingerprint density at radius 3 is 2.11 bits per heavy atom. The Labute approximate surface area is 158 Å². The number of carbonyl (C=O) groups is 2. The molecule has 0 spiro atoms. The lowest BCUT2D eigenvalue weighted by Gasteiger charge is -2.22. The van der Waals surface area contributed by atoms with Crippen molar-refractivity contribution >= 4 is 17.6 Å². The zero-order valence-corrected chi connectivity index (χ0v) is 15.3. The third-order valence-corrected chi connectivity index (χ3v) is 4.29. The summed E-state index contributed by atoms with van der Waals surface area (Å²) in [5.74, 6) is 1.46. The van der Waals surface area contributed by atoms with Crippen LogP contribution in [0.3, 0.4) is 0 Å². The van der Waals surface area contributed by atoms with Gasteiger partial charge in [-0.15, -0.1) is 0 Å². The van der Waals surface area contributed by atoms with Crippen LogP contribution in [-0.2, 0) is 14.3 Å². The van der Waals surface area contributed by atoms with Crippen molar-refractivity contribution in [2.45, 2.75) is 26.2 Å². The largest absolute Gasteiger partial charge is 0.494 e. The van der Waals surface area contributed by atoms with Crippen molar-refractivity contribution in [2.24, 2.45) is 5.92 Å². The Balaban J connectivity index is 1.46. The molecule has 0 heterocycles. The summed E-state index contributed by atoms with van der Waals surface area (Å²) in [6, 6.07) is 14.3. The summed E-state index contributed by atoms with van der Waals surface area (Å²) in [7, 11) is 0. The van der Waals surface area contributed by atoms with Crippen LogP contribution in [0, 0.1) is 5.92 Å². The molecule has 142 valence electrons. The third-order valence-electron chi connectivity index (χ3n) is 4.29. The number of ether oxygens (including phenoxy) is 3. The maximum atomic E-state index is 11.9. The number of benzene rings is 2. The van der Waals surface area contributed by atoms with E-state index in [1.54, 1.807) is 24.3 Å². The number of carbonyl (C=O) groups excluding carboxylic acids is 2. The van der Waals surface area contributed by atoms with Gasteiger partial charge in [0.15, 0.2) is 6.61 Å². The summed E-state index contributed by atoms with van der Waals surface area (Å²) in [5.41, 5.74) is 0.610. The third kappa shape index (κ3) is 5.48. The molecule has 0 saturated heterocycles. The number of hydrogen-bond donors (Lipinski definition) is 1. The first kappa shape index (κ1) is 18.8. The molecule has 27 heavy (non-hydrogen) atoms. The number of esters is 1. The van der Waals surface area contributed by atoms with Crippen LogP contribution in [0.15, 0.2) is 48.5 Å². The normalized spacial score (nSPS) is 13.4. The summed E-state index contributed by atoms with van der Waals surface area (Å²) in [6.45, 7) is 2.29. The Morgan fingerprint density at radius 1 is 0.963 bits per heavy atom. The Hall–Kier alpha value is -3.02. The summed E-state index contributed by atoms with van der Waals surface area (Å²) < 4.78 is 16.2. The van der Waals surface area contributed by atoms with E-state index in [9.17, 15) is 9.59 Å². The van der Waals surface area contributed by atoms with E-state index in [4.69, 9.17) is 14.2 Å². The number of amides is 1. The first-order valence-electron chi connectivity index (χ1n) is 9.11. The van der Waals surface area contributed by atoms with E-state index in [1.807, 2.05) is 31.2 Å². The van der Waals surface area contributed by atoms with Crippen LogP contribution in [0.5, 0.6) is 17.2 Å². The van der Waals surface area contributed by atoms with Crippen LogP contribution in [0.25, 0.3) is 0 Å². The Bertz CT molecular complexity index is 766. The summed E-state index contributed by atoms with van der Waals surface area (Å²) in [4.78, 5) is 23.5. The van der Waals surface area contributed by atoms with Gasteiger partial charge >= 0.3 is 5.97 Å². The maximum absolute atomic E-state index is 11.9. The molecule has 1 aliphatic carbocycles. The monoisotopic (exact) mass is 369 g/mol. The molecule has 0 bridgehead atoms. The minimum atomic E-state index is -0.358. The molecule has 0 aliphatic heterocycles. The molecule has 1 amide bonds. The van der Waals surface area contributed by atoms with Crippen molar-refractivity contribution in [1.29, 1.82) is 0 Å². The van der Waals surface area contributed by atoms with Gasteiger partial charge in [-0.2, -0.15) is 0 Å². The smallest absolute Gasteiger partial charge is 0.309 e. The zero-order valence-electron chi connectivity index (χ0n) is 15.3. The minimum Gasteiger partial charge on any atom is -0.494 e. The van der Waals surface area contributed by atoms with E-state index in [2.05, 4.69) is 5.32 Å². The lowest BCUT2D eigenvalue weighted by atomic mass is 9.86. The molecule has 1 saturated carbocycles. The minimum absolute atomic E-state index is 0.0307. The maximum Gasteiger partial charge on any atom is 0.309 e. The highest BCUT2D eigenvalue weighted by atomic mass is 16.5. The van der Waals surface area contributed by atoms with Crippen molar-refractivity contribution in [3.05, 3.63) is 48.5 Å². The fraction of sp³-hybridized carbons (Fsp3) is 0.333. The molecular formula is C21H23NO5. The predicted octanol–water partition coefficient (Wildman–Crippen LogP) is 4.16. The molecule has 0 aromatic heterocycles. The SMILES string of the molecule is CCOc1ccc(Oc2ccc(NC(=O)COC(=O)C3CCC3)cc2)cc1. The van der Waals surface area contributed by atoms with Gasteiger partial charge in [0.2, 0.25) is 0 Å². The van der Waals surface area contributed by atoms with Crippen LogP contribution in [0.4, 0.5) is 5.69 Å². The van der Waals surface area contributed by atoms with Gasteiger partial charge in [-0.05, 0) is 68.3 Å². The second-order valence-electron chi connectivity index (χ2n) is 6.31. The van der Waals surface area contributed by atoms with E-state index in [0.717, 1.165) is 25.0 Å². The molecule has 3 rings (SSSR count). The van der Waals surface area contributed by atoms with Crippen molar-refractivity contribution < 1.29 is 23.8 Å². The van der Waals surface area contributed by atoms with Crippen molar-refractivity contribution in [1.82, 2.24) is 0 Å². The Kier molecular flexibility index (Phi) is 6.30. The van der Waals surface area contributed by atoms with Gasteiger partial charge in [0, 0.05) is 5.69 Å². The van der Waals surface area contributed by atoms with Crippen LogP contribution < -0.4 is 14.8 Å². The molecule has 2 aromatic carbocycles. The molecule has 1 N–H and O–H groups in total. The first-order chi connectivity index (χ1) is 13.1. The predicted molar refractivity (Wildman–Crippen MR) is 101 cm³/mol. The van der Waals surface area contributed by atoms with E-state index in [1.165, 1.54) is 0 Å². The van der Waals surface area contributed by atoms with Gasteiger partial charge in [0.05, 0.1) is 12.5 Å². The van der Waals surface area contributed by atoms with Crippen molar-refractivity contribution in [3.63, 3.8) is 0 Å². The second kappa shape index (κ2) is 9.07. The van der Waals surface area contributed by atoms with Gasteiger partial charge < -0.3 is 19.5 Å². The van der Waals surface area contributed by atoms with Crippen LogP contribution in [0.2, 0.25) is 0 Å². The van der Waals surface area contributed by atoms with Crippen LogP contribution in [0.1, 0.15) is 26.2 Å². The second-order valence-corrected chi connectivity index (χ2v) is 6.31. The summed E-state index contributed by atoms with van der Waals surface area (Å²) >= 11 is 0. The quantitative estimate of drug-likeness (QED) is 0.707. The van der Waals surface area contributed by atoms with Gasteiger partial charge in [0.1, 0.15) is 17.2 Å². The van der Waals surface area contributed by atoms with Gasteiger partial charge in [-0.1, -0.05) is 6.42 Å².